The number of aliphatic hydroxyl groups excluding tert-OH is 4. The smallest absolute Gasteiger partial charge is 0.114 e. The number of halogens is 1. The molecule has 1 aromatic heterocycles. The minimum Gasteiger partial charge on any atom is -0.394 e. The lowest BCUT2D eigenvalue weighted by Gasteiger charge is -2.40. The lowest BCUT2D eigenvalue weighted by Crippen LogP contribution is -2.55. The molecular formula is C23H26ClNO5. The van der Waals surface area contributed by atoms with Gasteiger partial charge in [0.15, 0.2) is 0 Å². The molecule has 1 fully saturated rings. The summed E-state index contributed by atoms with van der Waals surface area (Å²) in [4.78, 5) is 0. The Balaban J connectivity index is 1.75. The fraction of sp³-hybridized carbons (Fsp3) is 0.391. The molecule has 0 saturated carbocycles. The summed E-state index contributed by atoms with van der Waals surface area (Å²) in [5.74, 6) is 0. The molecule has 0 unspecified atom stereocenters. The fourth-order valence-electron chi connectivity index (χ4n) is 4.09. The zero-order valence-corrected chi connectivity index (χ0v) is 17.4. The van der Waals surface area contributed by atoms with Crippen molar-refractivity contribution in [1.82, 2.24) is 4.57 Å². The summed E-state index contributed by atoms with van der Waals surface area (Å²) in [6.45, 7) is 2.26. The topological polar surface area (TPSA) is 95.1 Å². The van der Waals surface area contributed by atoms with E-state index in [4.69, 9.17) is 16.3 Å². The third kappa shape index (κ3) is 3.87. The van der Waals surface area contributed by atoms with Crippen molar-refractivity contribution >= 4 is 22.5 Å². The van der Waals surface area contributed by atoms with Crippen LogP contribution in [0.25, 0.3) is 10.9 Å². The average molecular weight is 432 g/mol. The second-order valence-electron chi connectivity index (χ2n) is 7.79. The number of nitrogens with zero attached hydrogens (tertiary/aromatic N) is 1. The highest BCUT2D eigenvalue weighted by Crippen LogP contribution is 2.38. The molecule has 2 aromatic carbocycles. The van der Waals surface area contributed by atoms with E-state index in [1.54, 1.807) is 12.1 Å². The molecule has 1 aliphatic rings. The molecule has 160 valence electrons. The molecule has 7 heteroatoms. The van der Waals surface area contributed by atoms with E-state index in [1.807, 2.05) is 16.8 Å². The molecule has 0 aliphatic carbocycles. The van der Waals surface area contributed by atoms with Crippen molar-refractivity contribution < 1.29 is 25.2 Å². The summed E-state index contributed by atoms with van der Waals surface area (Å²) in [5.41, 5.74) is 3.95. The summed E-state index contributed by atoms with van der Waals surface area (Å²) in [5, 5.41) is 41.8. The van der Waals surface area contributed by atoms with Crippen molar-refractivity contribution in [2.24, 2.45) is 0 Å². The number of rotatable bonds is 5. The Morgan fingerprint density at radius 3 is 2.33 bits per heavy atom. The van der Waals surface area contributed by atoms with Gasteiger partial charge in [0, 0.05) is 34.2 Å². The van der Waals surface area contributed by atoms with Gasteiger partial charge in [0.25, 0.3) is 0 Å². The molecule has 0 amide bonds. The van der Waals surface area contributed by atoms with Gasteiger partial charge in [-0.1, -0.05) is 42.8 Å². The Hall–Kier alpha value is -1.93. The van der Waals surface area contributed by atoms with Crippen LogP contribution in [-0.2, 0) is 17.7 Å². The number of aliphatic hydroxyl groups is 4. The first-order valence-corrected chi connectivity index (χ1v) is 10.5. The van der Waals surface area contributed by atoms with Crippen molar-refractivity contribution in [2.75, 3.05) is 6.61 Å². The highest BCUT2D eigenvalue weighted by Gasteiger charge is 2.44. The monoisotopic (exact) mass is 431 g/mol. The Bertz CT molecular complexity index is 1020. The maximum absolute atomic E-state index is 10.6. The number of hydrogen-bond acceptors (Lipinski definition) is 5. The SMILES string of the molecule is CCc1ccc(Cn2cc([C@@H]3O[C@H](CO)[C@@H](O)[C@H](O)[C@H]3O)c3cc(Cl)ccc32)cc1. The van der Waals surface area contributed by atoms with Crippen LogP contribution in [0.5, 0.6) is 0 Å². The van der Waals surface area contributed by atoms with Crippen LogP contribution in [0.3, 0.4) is 0 Å². The lowest BCUT2D eigenvalue weighted by molar-refractivity contribution is -0.231. The largest absolute Gasteiger partial charge is 0.394 e. The van der Waals surface area contributed by atoms with Crippen molar-refractivity contribution in [3.8, 4) is 0 Å². The quantitative estimate of drug-likeness (QED) is 0.497. The van der Waals surface area contributed by atoms with E-state index in [1.165, 1.54) is 5.56 Å². The van der Waals surface area contributed by atoms with Gasteiger partial charge < -0.3 is 29.7 Å². The van der Waals surface area contributed by atoms with Crippen LogP contribution < -0.4 is 0 Å². The zero-order chi connectivity index (χ0) is 21.4. The predicted octanol–water partition coefficient (Wildman–Crippen LogP) is 2.42. The van der Waals surface area contributed by atoms with E-state index in [-0.39, 0.29) is 0 Å². The van der Waals surface area contributed by atoms with Gasteiger partial charge in [-0.15, -0.1) is 0 Å². The standard InChI is InChI=1S/C23H26ClNO5/c1-2-13-3-5-14(6-4-13)10-25-11-17(16-9-15(24)7-8-18(16)25)23-22(29)21(28)20(27)19(12-26)30-23/h3-9,11,19-23,26-29H,2,10,12H2,1H3/t19-,20-,21+,22-,23+/m1/s1. The van der Waals surface area contributed by atoms with Gasteiger partial charge in [-0.25, -0.2) is 0 Å². The summed E-state index contributed by atoms with van der Waals surface area (Å²) in [6, 6.07) is 13.9. The van der Waals surface area contributed by atoms with Crippen LogP contribution in [0.15, 0.2) is 48.7 Å². The Morgan fingerprint density at radius 1 is 0.967 bits per heavy atom. The molecule has 4 N–H and O–H groups in total. The van der Waals surface area contributed by atoms with Crippen LogP contribution in [0.1, 0.15) is 29.7 Å². The first-order valence-electron chi connectivity index (χ1n) is 10.1. The van der Waals surface area contributed by atoms with Crippen LogP contribution >= 0.6 is 11.6 Å². The van der Waals surface area contributed by atoms with E-state index in [9.17, 15) is 20.4 Å². The van der Waals surface area contributed by atoms with E-state index in [2.05, 4.69) is 31.2 Å². The number of ether oxygens (including phenoxy) is 1. The molecule has 4 rings (SSSR count). The zero-order valence-electron chi connectivity index (χ0n) is 16.6. The van der Waals surface area contributed by atoms with Crippen LogP contribution in [0, 0.1) is 0 Å². The van der Waals surface area contributed by atoms with E-state index < -0.39 is 37.1 Å². The first-order chi connectivity index (χ1) is 14.4. The number of fused-ring (bicyclic) bond motifs is 1. The maximum atomic E-state index is 10.6. The third-order valence-corrected chi connectivity index (χ3v) is 6.09. The van der Waals surface area contributed by atoms with Gasteiger partial charge in [0.1, 0.15) is 30.5 Å². The van der Waals surface area contributed by atoms with Gasteiger partial charge >= 0.3 is 0 Å². The third-order valence-electron chi connectivity index (χ3n) is 5.86. The summed E-state index contributed by atoms with van der Waals surface area (Å²) >= 11 is 6.23. The van der Waals surface area contributed by atoms with E-state index >= 15 is 0 Å². The van der Waals surface area contributed by atoms with Gasteiger partial charge in [0.2, 0.25) is 0 Å². The van der Waals surface area contributed by atoms with Crippen LogP contribution in [-0.4, -0.2) is 56.0 Å². The molecule has 0 bridgehead atoms. The van der Waals surface area contributed by atoms with Crippen molar-refractivity contribution in [3.05, 3.63) is 70.4 Å². The Kier molecular flexibility index (Phi) is 6.16. The van der Waals surface area contributed by atoms with Gasteiger partial charge in [-0.05, 0) is 35.7 Å². The molecule has 6 nitrogen and oxygen atoms in total. The Morgan fingerprint density at radius 2 is 1.67 bits per heavy atom. The maximum Gasteiger partial charge on any atom is 0.114 e. The minimum absolute atomic E-state index is 0.468. The van der Waals surface area contributed by atoms with Gasteiger partial charge in [0.05, 0.1) is 6.61 Å². The van der Waals surface area contributed by atoms with Crippen molar-refractivity contribution in [3.63, 3.8) is 0 Å². The van der Waals surface area contributed by atoms with Crippen LogP contribution in [0.2, 0.25) is 5.02 Å². The van der Waals surface area contributed by atoms with E-state index in [0.29, 0.717) is 17.1 Å². The fourth-order valence-corrected chi connectivity index (χ4v) is 4.26. The molecule has 5 atom stereocenters. The number of aromatic nitrogens is 1. The summed E-state index contributed by atoms with van der Waals surface area (Å²) in [6.07, 6.45) is -3.19. The molecule has 30 heavy (non-hydrogen) atoms. The van der Waals surface area contributed by atoms with Crippen molar-refractivity contribution in [1.29, 1.82) is 0 Å². The average Bonchev–Trinajstić information content (AvgIpc) is 3.10. The number of hydrogen-bond donors (Lipinski definition) is 4. The molecule has 1 saturated heterocycles. The number of benzene rings is 2. The highest BCUT2D eigenvalue weighted by molar-refractivity contribution is 6.31. The molecule has 0 radical (unpaired) electrons. The normalized spacial score (nSPS) is 26.9. The lowest BCUT2D eigenvalue weighted by atomic mass is 9.91. The summed E-state index contributed by atoms with van der Waals surface area (Å²) < 4.78 is 7.84. The molecule has 3 aromatic rings. The van der Waals surface area contributed by atoms with Gasteiger partial charge in [-0.2, -0.15) is 0 Å². The van der Waals surface area contributed by atoms with Crippen molar-refractivity contribution in [2.45, 2.75) is 50.4 Å². The molecule has 1 aliphatic heterocycles. The van der Waals surface area contributed by atoms with Crippen LogP contribution in [0.4, 0.5) is 0 Å². The molecule has 0 spiro atoms. The highest BCUT2D eigenvalue weighted by atomic mass is 35.5. The molecular weight excluding hydrogens is 406 g/mol. The minimum atomic E-state index is -1.43. The summed E-state index contributed by atoms with van der Waals surface area (Å²) in [7, 11) is 0. The first kappa shape index (κ1) is 21.3. The van der Waals surface area contributed by atoms with E-state index in [0.717, 1.165) is 22.9 Å². The molecule has 2 heterocycles. The second-order valence-corrected chi connectivity index (χ2v) is 8.23. The van der Waals surface area contributed by atoms with Gasteiger partial charge in [-0.3, -0.25) is 0 Å². The Labute approximate surface area is 179 Å². The predicted molar refractivity (Wildman–Crippen MR) is 115 cm³/mol. The number of aryl methyl sites for hydroxylation is 1. The second kappa shape index (κ2) is 8.67.